The van der Waals surface area contributed by atoms with Crippen LogP contribution in [0.25, 0.3) is 0 Å². The molecule has 1 aliphatic carbocycles. The first kappa shape index (κ1) is 13.2. The van der Waals surface area contributed by atoms with E-state index in [4.69, 9.17) is 4.74 Å². The van der Waals surface area contributed by atoms with E-state index < -0.39 is 0 Å². The average Bonchev–Trinajstić information content (AvgIpc) is 3.32. The quantitative estimate of drug-likeness (QED) is 0.904. The van der Waals surface area contributed by atoms with Gasteiger partial charge < -0.3 is 14.7 Å². The molecule has 1 saturated carbocycles. The van der Waals surface area contributed by atoms with Gasteiger partial charge in [-0.25, -0.2) is 0 Å². The zero-order chi connectivity index (χ0) is 14.1. The summed E-state index contributed by atoms with van der Waals surface area (Å²) in [5.74, 6) is 0.486. The van der Waals surface area contributed by atoms with E-state index in [2.05, 4.69) is 4.90 Å². The number of amides is 1. The molecule has 2 aliphatic rings. The second-order valence-electron chi connectivity index (χ2n) is 5.44. The van der Waals surface area contributed by atoms with Gasteiger partial charge in [-0.3, -0.25) is 9.69 Å². The molecule has 1 aromatic carbocycles. The number of hydrogen-bond donors (Lipinski definition) is 1. The lowest BCUT2D eigenvalue weighted by atomic mass is 10.1. The fraction of sp³-hybridized carbons (Fsp3) is 0.533. The number of rotatable bonds is 3. The molecule has 1 saturated heterocycles. The van der Waals surface area contributed by atoms with Gasteiger partial charge in [0.15, 0.2) is 0 Å². The molecule has 1 amide bonds. The van der Waals surface area contributed by atoms with Crippen molar-refractivity contribution in [1.29, 1.82) is 0 Å². The minimum atomic E-state index is -0.114. The van der Waals surface area contributed by atoms with E-state index in [9.17, 15) is 9.90 Å². The van der Waals surface area contributed by atoms with Crippen LogP contribution in [0.2, 0.25) is 0 Å². The smallest absolute Gasteiger partial charge is 0.257 e. The molecule has 0 spiro atoms. The van der Waals surface area contributed by atoms with Crippen LogP contribution in [0.1, 0.15) is 23.2 Å². The number of hydrogen-bond acceptors (Lipinski definition) is 4. The molecule has 2 fully saturated rings. The highest BCUT2D eigenvalue weighted by molar-refractivity contribution is 5.97. The van der Waals surface area contributed by atoms with E-state index in [1.807, 2.05) is 4.90 Å². The van der Waals surface area contributed by atoms with Crippen LogP contribution in [-0.4, -0.2) is 60.1 Å². The lowest BCUT2D eigenvalue weighted by Gasteiger charge is -2.35. The van der Waals surface area contributed by atoms with Crippen molar-refractivity contribution >= 4 is 5.91 Å². The molecule has 1 aromatic rings. The Labute approximate surface area is 118 Å². The van der Waals surface area contributed by atoms with Crippen LogP contribution < -0.4 is 4.74 Å². The number of piperazine rings is 1. The first-order valence-electron chi connectivity index (χ1n) is 7.09. The molecule has 0 bridgehead atoms. The SMILES string of the molecule is COc1ccc(O)c(C(=O)N2CCN(C3CC3)CC2)c1. The Morgan fingerprint density at radius 1 is 1.25 bits per heavy atom. The van der Waals surface area contributed by atoms with E-state index in [-0.39, 0.29) is 11.7 Å². The van der Waals surface area contributed by atoms with Crippen molar-refractivity contribution < 1.29 is 14.6 Å². The van der Waals surface area contributed by atoms with Gasteiger partial charge in [-0.05, 0) is 31.0 Å². The van der Waals surface area contributed by atoms with Crippen molar-refractivity contribution in [2.24, 2.45) is 0 Å². The van der Waals surface area contributed by atoms with Crippen LogP contribution in [0.4, 0.5) is 0 Å². The molecular formula is C15H20N2O3. The van der Waals surface area contributed by atoms with Gasteiger partial charge in [0.1, 0.15) is 11.5 Å². The maximum absolute atomic E-state index is 12.5. The largest absolute Gasteiger partial charge is 0.507 e. The zero-order valence-corrected chi connectivity index (χ0v) is 11.7. The van der Waals surface area contributed by atoms with Crippen molar-refractivity contribution in [1.82, 2.24) is 9.80 Å². The molecule has 1 heterocycles. The second-order valence-corrected chi connectivity index (χ2v) is 5.44. The summed E-state index contributed by atoms with van der Waals surface area (Å²) in [5.41, 5.74) is 0.323. The summed E-state index contributed by atoms with van der Waals surface area (Å²) in [7, 11) is 1.55. The predicted octanol–water partition coefficient (Wildman–Crippen LogP) is 1.32. The Hall–Kier alpha value is -1.75. The van der Waals surface area contributed by atoms with Gasteiger partial charge in [-0.2, -0.15) is 0 Å². The second kappa shape index (κ2) is 5.32. The monoisotopic (exact) mass is 276 g/mol. The van der Waals surface area contributed by atoms with E-state index >= 15 is 0 Å². The molecule has 0 radical (unpaired) electrons. The highest BCUT2D eigenvalue weighted by atomic mass is 16.5. The summed E-state index contributed by atoms with van der Waals surface area (Å²) in [5, 5.41) is 9.87. The van der Waals surface area contributed by atoms with E-state index in [1.54, 1.807) is 19.2 Å². The van der Waals surface area contributed by atoms with E-state index in [0.29, 0.717) is 11.3 Å². The zero-order valence-electron chi connectivity index (χ0n) is 11.7. The van der Waals surface area contributed by atoms with Gasteiger partial charge in [0, 0.05) is 32.2 Å². The Balaban J connectivity index is 1.69. The molecule has 1 aliphatic heterocycles. The first-order chi connectivity index (χ1) is 9.69. The number of benzene rings is 1. The minimum absolute atomic E-state index is 0.0143. The molecule has 108 valence electrons. The Morgan fingerprint density at radius 3 is 2.55 bits per heavy atom. The third kappa shape index (κ3) is 2.58. The van der Waals surface area contributed by atoms with Gasteiger partial charge in [-0.15, -0.1) is 0 Å². The Morgan fingerprint density at radius 2 is 1.95 bits per heavy atom. The number of nitrogens with zero attached hydrogens (tertiary/aromatic N) is 2. The highest BCUT2D eigenvalue weighted by Crippen LogP contribution is 2.29. The van der Waals surface area contributed by atoms with Gasteiger partial charge >= 0.3 is 0 Å². The number of aromatic hydroxyl groups is 1. The van der Waals surface area contributed by atoms with Crippen LogP contribution in [-0.2, 0) is 0 Å². The standard InChI is InChI=1S/C15H20N2O3/c1-20-12-4-5-14(18)13(10-12)15(19)17-8-6-16(7-9-17)11-2-3-11/h4-5,10-11,18H,2-3,6-9H2,1H3. The third-order valence-electron chi connectivity index (χ3n) is 4.10. The molecule has 0 atom stereocenters. The fourth-order valence-corrected chi connectivity index (χ4v) is 2.71. The lowest BCUT2D eigenvalue weighted by Crippen LogP contribution is -2.49. The number of carbonyl (C=O) groups excluding carboxylic acids is 1. The molecule has 0 aromatic heterocycles. The Kier molecular flexibility index (Phi) is 3.53. The molecular weight excluding hydrogens is 256 g/mol. The summed E-state index contributed by atoms with van der Waals surface area (Å²) in [6.07, 6.45) is 2.59. The van der Waals surface area contributed by atoms with Crippen LogP contribution in [0.5, 0.6) is 11.5 Å². The average molecular weight is 276 g/mol. The van der Waals surface area contributed by atoms with E-state index in [0.717, 1.165) is 32.2 Å². The molecule has 20 heavy (non-hydrogen) atoms. The van der Waals surface area contributed by atoms with Crippen LogP contribution in [0, 0.1) is 0 Å². The number of ether oxygens (including phenoxy) is 1. The van der Waals surface area contributed by atoms with Crippen LogP contribution >= 0.6 is 0 Å². The van der Waals surface area contributed by atoms with Crippen LogP contribution in [0.3, 0.4) is 0 Å². The van der Waals surface area contributed by atoms with E-state index in [1.165, 1.54) is 18.9 Å². The molecule has 3 rings (SSSR count). The van der Waals surface area contributed by atoms with Crippen molar-refractivity contribution in [2.45, 2.75) is 18.9 Å². The fourth-order valence-electron chi connectivity index (χ4n) is 2.71. The van der Waals surface area contributed by atoms with Gasteiger partial charge in [0.25, 0.3) is 5.91 Å². The molecule has 5 heteroatoms. The number of phenols is 1. The summed E-state index contributed by atoms with van der Waals surface area (Å²) in [6.45, 7) is 3.32. The number of phenolic OH excluding ortho intramolecular Hbond substituents is 1. The van der Waals surface area contributed by atoms with Gasteiger partial charge in [-0.1, -0.05) is 0 Å². The topological polar surface area (TPSA) is 53.0 Å². The molecule has 1 N–H and O–H groups in total. The lowest BCUT2D eigenvalue weighted by molar-refractivity contribution is 0.0624. The summed E-state index contributed by atoms with van der Waals surface area (Å²) in [6, 6.07) is 5.51. The maximum atomic E-state index is 12.5. The Bertz CT molecular complexity index is 506. The first-order valence-corrected chi connectivity index (χ1v) is 7.09. The van der Waals surface area contributed by atoms with Crippen molar-refractivity contribution in [3.8, 4) is 11.5 Å². The van der Waals surface area contributed by atoms with Crippen LogP contribution in [0.15, 0.2) is 18.2 Å². The summed E-state index contributed by atoms with van der Waals surface area (Å²) < 4.78 is 5.11. The van der Waals surface area contributed by atoms with Gasteiger partial charge in [0.2, 0.25) is 0 Å². The normalized spacial score (nSPS) is 19.9. The molecule has 5 nitrogen and oxygen atoms in total. The third-order valence-corrected chi connectivity index (χ3v) is 4.10. The highest BCUT2D eigenvalue weighted by Gasteiger charge is 2.32. The van der Waals surface area contributed by atoms with Crippen molar-refractivity contribution in [3.63, 3.8) is 0 Å². The van der Waals surface area contributed by atoms with Crippen molar-refractivity contribution in [3.05, 3.63) is 23.8 Å². The van der Waals surface area contributed by atoms with Gasteiger partial charge in [0.05, 0.1) is 12.7 Å². The minimum Gasteiger partial charge on any atom is -0.507 e. The number of carbonyl (C=O) groups is 1. The van der Waals surface area contributed by atoms with Crippen molar-refractivity contribution in [2.75, 3.05) is 33.3 Å². The maximum Gasteiger partial charge on any atom is 0.257 e. The molecule has 0 unspecified atom stereocenters. The predicted molar refractivity (Wildman–Crippen MR) is 75.2 cm³/mol. The summed E-state index contributed by atoms with van der Waals surface area (Å²) >= 11 is 0. The summed E-state index contributed by atoms with van der Waals surface area (Å²) in [4.78, 5) is 16.7. The number of methoxy groups -OCH3 is 1.